The van der Waals surface area contributed by atoms with E-state index in [2.05, 4.69) is 52.9 Å². The van der Waals surface area contributed by atoms with Crippen molar-refractivity contribution in [2.45, 2.75) is 36.6 Å². The quantitative estimate of drug-likeness (QED) is 0.367. The van der Waals surface area contributed by atoms with E-state index in [4.69, 9.17) is 0 Å². The lowest BCUT2D eigenvalue weighted by Crippen LogP contribution is -2.44. The Balaban J connectivity index is 1.51. The molecule has 4 N–H and O–H groups in total. The van der Waals surface area contributed by atoms with E-state index in [1.54, 1.807) is 0 Å². The summed E-state index contributed by atoms with van der Waals surface area (Å²) in [6.07, 6.45) is 4.24. The Morgan fingerprint density at radius 2 is 2.14 bits per heavy atom. The summed E-state index contributed by atoms with van der Waals surface area (Å²) < 4.78 is 45.7. The highest BCUT2D eigenvalue weighted by Crippen LogP contribution is 2.29. The number of nitrogens with zero attached hydrogens (tertiary/aromatic N) is 2. The Bertz CT molecular complexity index is 920. The fourth-order valence-electron chi connectivity index (χ4n) is 3.09. The van der Waals surface area contributed by atoms with Crippen LogP contribution in [0.15, 0.2) is 27.8 Å². The maximum atomic E-state index is 14.5. The molecule has 1 unspecified atom stereocenters. The van der Waals surface area contributed by atoms with E-state index >= 15 is 0 Å². The zero-order valence-electron chi connectivity index (χ0n) is 16.0. The van der Waals surface area contributed by atoms with Gasteiger partial charge in [-0.2, -0.15) is 4.37 Å². The lowest BCUT2D eigenvalue weighted by Gasteiger charge is -2.24. The summed E-state index contributed by atoms with van der Waals surface area (Å²) in [4.78, 5) is 3.30. The molecule has 0 aliphatic carbocycles. The molecule has 1 aliphatic rings. The van der Waals surface area contributed by atoms with Crippen molar-refractivity contribution in [2.75, 3.05) is 36.2 Å². The van der Waals surface area contributed by atoms with E-state index in [9.17, 15) is 12.8 Å². The maximum absolute atomic E-state index is 14.5. The number of rotatable bonds is 10. The molecule has 0 radical (unpaired) electrons. The van der Waals surface area contributed by atoms with Crippen LogP contribution < -0.4 is 20.7 Å². The van der Waals surface area contributed by atoms with Gasteiger partial charge in [-0.1, -0.05) is 0 Å². The third-order valence-electron chi connectivity index (χ3n) is 4.73. The normalized spacial score (nSPS) is 19.4. The molecule has 29 heavy (non-hydrogen) atoms. The number of hydrogen-bond acceptors (Lipinski definition) is 8. The van der Waals surface area contributed by atoms with E-state index in [1.807, 2.05) is 0 Å². The van der Waals surface area contributed by atoms with Gasteiger partial charge in [0, 0.05) is 34.6 Å². The molecule has 1 aromatic carbocycles. The van der Waals surface area contributed by atoms with Crippen LogP contribution >= 0.6 is 27.5 Å². The Labute approximate surface area is 182 Å². The van der Waals surface area contributed by atoms with Crippen molar-refractivity contribution in [1.82, 2.24) is 20.0 Å². The average molecular weight is 507 g/mol. The molecule has 0 saturated carbocycles. The second kappa shape index (κ2) is 9.65. The van der Waals surface area contributed by atoms with Crippen LogP contribution in [0.4, 0.5) is 15.2 Å². The molecule has 8 nitrogen and oxygen atoms in total. The van der Waals surface area contributed by atoms with Gasteiger partial charge in [0.05, 0.1) is 5.69 Å². The van der Waals surface area contributed by atoms with Crippen LogP contribution in [-0.4, -0.2) is 49.5 Å². The highest BCUT2D eigenvalue weighted by molar-refractivity contribution is 9.10. The predicted octanol–water partition coefficient (Wildman–Crippen LogP) is 2.77. The monoisotopic (exact) mass is 506 g/mol. The first kappa shape index (κ1) is 22.3. The van der Waals surface area contributed by atoms with Crippen LogP contribution in [0, 0.1) is 5.82 Å². The molecule has 160 valence electrons. The fraction of sp³-hybridized carbons (Fsp3) is 0.529. The number of nitrogens with one attached hydrogen (secondary N) is 4. The maximum Gasteiger partial charge on any atom is 0.266 e. The lowest BCUT2D eigenvalue weighted by atomic mass is 10.0. The summed E-state index contributed by atoms with van der Waals surface area (Å²) in [5, 5.41) is 10.2. The van der Waals surface area contributed by atoms with Gasteiger partial charge in [0.25, 0.3) is 10.0 Å². The molecule has 1 aliphatic heterocycles. The summed E-state index contributed by atoms with van der Waals surface area (Å²) in [5.41, 5.74) is 0.682. The van der Waals surface area contributed by atoms with Crippen LogP contribution in [0.5, 0.6) is 0 Å². The first-order valence-electron chi connectivity index (χ1n) is 9.27. The van der Waals surface area contributed by atoms with Crippen molar-refractivity contribution in [2.24, 2.45) is 0 Å². The van der Waals surface area contributed by atoms with Gasteiger partial charge >= 0.3 is 0 Å². The van der Waals surface area contributed by atoms with Crippen molar-refractivity contribution < 1.29 is 12.8 Å². The van der Waals surface area contributed by atoms with Gasteiger partial charge in [0.1, 0.15) is 17.0 Å². The summed E-state index contributed by atoms with van der Waals surface area (Å²) in [7, 11) is -4.09. The molecule has 2 heterocycles. The molecule has 0 bridgehead atoms. The highest BCUT2D eigenvalue weighted by Gasteiger charge is 2.27. The van der Waals surface area contributed by atoms with Crippen LogP contribution in [0.25, 0.3) is 0 Å². The van der Waals surface area contributed by atoms with Crippen molar-refractivity contribution in [1.29, 1.82) is 0 Å². The van der Waals surface area contributed by atoms with E-state index in [0.29, 0.717) is 16.7 Å². The second-order valence-electron chi connectivity index (χ2n) is 7.16. The number of hydrogen-bond donors (Lipinski definition) is 4. The molecule has 2 aromatic rings. The molecule has 0 spiro atoms. The number of sulfonamides is 1. The van der Waals surface area contributed by atoms with Crippen LogP contribution in [0.2, 0.25) is 0 Å². The largest absolute Gasteiger partial charge is 0.384 e. The van der Waals surface area contributed by atoms with Crippen molar-refractivity contribution >= 4 is 48.3 Å². The zero-order chi connectivity index (χ0) is 20.9. The van der Waals surface area contributed by atoms with Crippen LogP contribution in [0.1, 0.15) is 26.2 Å². The van der Waals surface area contributed by atoms with Gasteiger partial charge in [-0.25, -0.2) is 17.8 Å². The highest BCUT2D eigenvalue weighted by atomic mass is 79.9. The third kappa shape index (κ3) is 6.07. The van der Waals surface area contributed by atoms with Gasteiger partial charge in [0.2, 0.25) is 5.13 Å². The number of unbranched alkanes of at least 4 members (excludes halogenated alkanes) is 1. The van der Waals surface area contributed by atoms with Crippen molar-refractivity contribution in [3.63, 3.8) is 0 Å². The minimum atomic E-state index is -4.09. The minimum absolute atomic E-state index is 0.0820. The van der Waals surface area contributed by atoms with Gasteiger partial charge in [-0.15, -0.1) is 0 Å². The summed E-state index contributed by atoms with van der Waals surface area (Å²) in [5.74, 6) is -0.837. The van der Waals surface area contributed by atoms with Gasteiger partial charge in [0.15, 0.2) is 0 Å². The van der Waals surface area contributed by atoms with Gasteiger partial charge < -0.3 is 16.0 Å². The molecule has 12 heteroatoms. The number of halogens is 2. The first-order chi connectivity index (χ1) is 13.8. The summed E-state index contributed by atoms with van der Waals surface area (Å²) in [6, 6.07) is 2.43. The van der Waals surface area contributed by atoms with Crippen molar-refractivity contribution in [3.05, 3.63) is 28.7 Å². The molecule has 1 atom stereocenters. The molecule has 1 saturated heterocycles. The number of aromatic nitrogens is 2. The molecule has 1 aromatic heterocycles. The molecule has 1 fully saturated rings. The smallest absolute Gasteiger partial charge is 0.266 e. The van der Waals surface area contributed by atoms with E-state index in [0.717, 1.165) is 50.4 Å². The van der Waals surface area contributed by atoms with E-state index < -0.39 is 20.7 Å². The molecule has 0 amide bonds. The van der Waals surface area contributed by atoms with E-state index in [1.165, 1.54) is 18.5 Å². The van der Waals surface area contributed by atoms with Crippen LogP contribution in [-0.2, 0) is 10.0 Å². The number of anilines is 2. The Hall–Kier alpha value is -1.34. The predicted molar refractivity (Wildman–Crippen MR) is 116 cm³/mol. The Kier molecular flexibility index (Phi) is 7.43. The minimum Gasteiger partial charge on any atom is -0.384 e. The standard InChI is InChI=1S/C17H24BrFN6O2S2/c1-17(4-7-20-10-17)23-6-3-2-5-21-14-9-13(19)15(8-12(14)18)29(26,27)25-16-22-11-24-28-16/h8-9,11,20-21,23H,2-7,10H2,1H3,(H,22,24,25). The number of benzene rings is 1. The summed E-state index contributed by atoms with van der Waals surface area (Å²) in [6.45, 7) is 5.83. The van der Waals surface area contributed by atoms with Gasteiger partial charge in [-0.3, -0.25) is 4.72 Å². The van der Waals surface area contributed by atoms with Crippen LogP contribution in [0.3, 0.4) is 0 Å². The third-order valence-corrected chi connectivity index (χ3v) is 7.45. The van der Waals surface area contributed by atoms with Gasteiger partial charge in [-0.05, 0) is 67.3 Å². The Morgan fingerprint density at radius 1 is 1.34 bits per heavy atom. The van der Waals surface area contributed by atoms with Crippen molar-refractivity contribution in [3.8, 4) is 0 Å². The zero-order valence-corrected chi connectivity index (χ0v) is 19.2. The average Bonchev–Trinajstić information content (AvgIpc) is 3.32. The molecular weight excluding hydrogens is 483 g/mol. The SMILES string of the molecule is CC1(NCCCCNc2cc(F)c(S(=O)(=O)Nc3ncns3)cc2Br)CCNC1. The lowest BCUT2D eigenvalue weighted by molar-refractivity contribution is 0.384. The van der Waals surface area contributed by atoms with E-state index in [-0.39, 0.29) is 10.7 Å². The summed E-state index contributed by atoms with van der Waals surface area (Å²) >= 11 is 4.20. The molecular formula is C17H24BrFN6O2S2. The first-order valence-corrected chi connectivity index (χ1v) is 12.3. The topological polar surface area (TPSA) is 108 Å². The second-order valence-corrected chi connectivity index (χ2v) is 10.4. The Morgan fingerprint density at radius 3 is 2.83 bits per heavy atom. The molecule has 3 rings (SSSR count). The fourth-order valence-corrected chi connectivity index (χ4v) is 5.47.